The lowest BCUT2D eigenvalue weighted by molar-refractivity contribution is 0.0696. The zero-order valence-electron chi connectivity index (χ0n) is 13.6. The van der Waals surface area contributed by atoms with Crippen LogP contribution in [0.25, 0.3) is 0 Å². The molecule has 0 unspecified atom stereocenters. The quantitative estimate of drug-likeness (QED) is 0.515. The van der Waals surface area contributed by atoms with Crippen LogP contribution in [-0.4, -0.2) is 25.2 Å². The third-order valence-electron chi connectivity index (χ3n) is 3.29. The van der Waals surface area contributed by atoms with E-state index < -0.39 is 16.0 Å². The van der Waals surface area contributed by atoms with E-state index in [1.54, 1.807) is 0 Å². The summed E-state index contributed by atoms with van der Waals surface area (Å²) in [6, 6.07) is 12.0. The first-order chi connectivity index (χ1) is 11.8. The minimum atomic E-state index is -4.06. The van der Waals surface area contributed by atoms with E-state index in [1.807, 2.05) is 30.3 Å². The molecule has 0 fully saturated rings. The molecule has 3 N–H and O–H groups in total. The molecule has 0 amide bonds. The number of benzene rings is 2. The fraction of sp³-hybridized carbons (Fsp3) is 0.235. The lowest BCUT2D eigenvalue weighted by Crippen LogP contribution is -2.15. The first-order valence-corrected chi connectivity index (χ1v) is 11.0. The molecule has 0 bridgehead atoms. The van der Waals surface area contributed by atoms with Crippen LogP contribution in [0.4, 0.5) is 0 Å². The monoisotopic (exact) mass is 397 g/mol. The van der Waals surface area contributed by atoms with Crippen LogP contribution in [0, 0.1) is 0 Å². The fourth-order valence-electron chi connectivity index (χ4n) is 2.05. The Morgan fingerprint density at radius 1 is 1.20 bits per heavy atom. The number of carbonyl (C=O) groups is 1. The smallest absolute Gasteiger partial charge is 0.335 e. The number of unbranched alkanes of at least 4 members (excludes halogenated alkanes) is 1. The van der Waals surface area contributed by atoms with E-state index in [0.717, 1.165) is 29.6 Å². The SMILES string of the molecule is CCCCSc1cc(C(=O)O)cc(S(N)(=O)=O)c1Sc1ccccc1. The standard InChI is InChI=1S/C17H19NO4S3/c1-2-3-9-23-14-10-12(17(19)20)11-15(25(18,21)22)16(14)24-13-7-5-4-6-8-13/h4-8,10-11H,2-3,9H2,1H3,(H,19,20)(H2,18,21,22). The van der Waals surface area contributed by atoms with Crippen molar-refractivity contribution in [2.45, 2.75) is 39.3 Å². The minimum Gasteiger partial charge on any atom is -0.478 e. The predicted octanol–water partition coefficient (Wildman–Crippen LogP) is 4.08. The molecule has 0 radical (unpaired) electrons. The molecule has 0 aromatic heterocycles. The van der Waals surface area contributed by atoms with E-state index >= 15 is 0 Å². The highest BCUT2D eigenvalue weighted by Gasteiger charge is 2.22. The number of sulfonamides is 1. The molecule has 5 nitrogen and oxygen atoms in total. The van der Waals surface area contributed by atoms with E-state index in [0.29, 0.717) is 9.79 Å². The van der Waals surface area contributed by atoms with Crippen molar-refractivity contribution in [1.29, 1.82) is 0 Å². The van der Waals surface area contributed by atoms with E-state index in [1.165, 1.54) is 29.6 Å². The van der Waals surface area contributed by atoms with E-state index in [9.17, 15) is 18.3 Å². The second-order valence-electron chi connectivity index (χ2n) is 5.27. The van der Waals surface area contributed by atoms with Crippen molar-refractivity contribution in [1.82, 2.24) is 0 Å². The summed E-state index contributed by atoms with van der Waals surface area (Å²) in [5.74, 6) is -0.412. The Labute approximate surface area is 156 Å². The maximum Gasteiger partial charge on any atom is 0.335 e. The molecule has 0 saturated carbocycles. The average molecular weight is 398 g/mol. The zero-order chi connectivity index (χ0) is 18.4. The highest BCUT2D eigenvalue weighted by Crippen LogP contribution is 2.40. The molecule has 0 aliphatic carbocycles. The number of thioether (sulfide) groups is 1. The molecule has 0 atom stereocenters. The summed E-state index contributed by atoms with van der Waals surface area (Å²) in [6.45, 7) is 2.06. The predicted molar refractivity (Wildman–Crippen MR) is 101 cm³/mol. The van der Waals surface area contributed by atoms with Crippen LogP contribution in [0.5, 0.6) is 0 Å². The number of nitrogens with two attached hydrogens (primary N) is 1. The maximum absolute atomic E-state index is 12.1. The van der Waals surface area contributed by atoms with Gasteiger partial charge in [0.25, 0.3) is 0 Å². The molecule has 25 heavy (non-hydrogen) atoms. The third kappa shape index (κ3) is 5.50. The van der Waals surface area contributed by atoms with Gasteiger partial charge in [-0.2, -0.15) is 0 Å². The first-order valence-electron chi connectivity index (χ1n) is 7.62. The lowest BCUT2D eigenvalue weighted by Gasteiger charge is -2.14. The molecule has 0 heterocycles. The maximum atomic E-state index is 12.1. The molecule has 134 valence electrons. The number of hydrogen-bond donors (Lipinski definition) is 2. The van der Waals surface area contributed by atoms with Crippen molar-refractivity contribution in [3.8, 4) is 0 Å². The van der Waals surface area contributed by atoms with Crippen molar-refractivity contribution in [2.24, 2.45) is 5.14 Å². The summed E-state index contributed by atoms with van der Waals surface area (Å²) in [7, 11) is -4.06. The molecule has 8 heteroatoms. The molecule has 0 saturated heterocycles. The van der Waals surface area contributed by atoms with Crippen LogP contribution >= 0.6 is 23.5 Å². The summed E-state index contributed by atoms with van der Waals surface area (Å²) in [5.41, 5.74) is -0.0829. The van der Waals surface area contributed by atoms with Gasteiger partial charge in [-0.05, 0) is 36.4 Å². The summed E-state index contributed by atoms with van der Waals surface area (Å²) in [6.07, 6.45) is 1.94. The topological polar surface area (TPSA) is 97.5 Å². The van der Waals surface area contributed by atoms with Crippen LogP contribution in [0.3, 0.4) is 0 Å². The van der Waals surface area contributed by atoms with Gasteiger partial charge in [-0.3, -0.25) is 0 Å². The van der Waals surface area contributed by atoms with Gasteiger partial charge in [0.1, 0.15) is 0 Å². The van der Waals surface area contributed by atoms with Crippen molar-refractivity contribution in [2.75, 3.05) is 5.75 Å². The Morgan fingerprint density at radius 2 is 1.88 bits per heavy atom. The summed E-state index contributed by atoms with van der Waals surface area (Å²) < 4.78 is 24.1. The number of primary sulfonamides is 1. The summed E-state index contributed by atoms with van der Waals surface area (Å²) >= 11 is 2.72. The Balaban J connectivity index is 2.59. The molecule has 2 rings (SSSR count). The second kappa shape index (κ2) is 8.75. The van der Waals surface area contributed by atoms with Crippen LogP contribution in [0.1, 0.15) is 30.1 Å². The molecule has 0 spiro atoms. The van der Waals surface area contributed by atoms with E-state index in [-0.39, 0.29) is 10.5 Å². The second-order valence-corrected chi connectivity index (χ2v) is 9.02. The molecule has 2 aromatic carbocycles. The van der Waals surface area contributed by atoms with Crippen molar-refractivity contribution < 1.29 is 18.3 Å². The van der Waals surface area contributed by atoms with Gasteiger partial charge < -0.3 is 5.11 Å². The Bertz CT molecular complexity index is 852. The van der Waals surface area contributed by atoms with Gasteiger partial charge >= 0.3 is 5.97 Å². The Kier molecular flexibility index (Phi) is 6.95. The van der Waals surface area contributed by atoms with Gasteiger partial charge in [0, 0.05) is 14.7 Å². The average Bonchev–Trinajstić information content (AvgIpc) is 2.56. The summed E-state index contributed by atoms with van der Waals surface area (Å²) in [5, 5.41) is 14.7. The highest BCUT2D eigenvalue weighted by atomic mass is 32.2. The van der Waals surface area contributed by atoms with Crippen molar-refractivity contribution in [3.63, 3.8) is 0 Å². The van der Waals surface area contributed by atoms with Gasteiger partial charge in [-0.15, -0.1) is 11.8 Å². The Morgan fingerprint density at radius 3 is 2.44 bits per heavy atom. The van der Waals surface area contributed by atoms with E-state index in [2.05, 4.69) is 6.92 Å². The van der Waals surface area contributed by atoms with Crippen molar-refractivity contribution >= 4 is 39.5 Å². The molecule has 0 aliphatic rings. The van der Waals surface area contributed by atoms with Crippen LogP contribution in [0.15, 0.2) is 62.0 Å². The summed E-state index contributed by atoms with van der Waals surface area (Å²) in [4.78, 5) is 13.2. The van der Waals surface area contributed by atoms with Crippen LogP contribution < -0.4 is 5.14 Å². The van der Waals surface area contributed by atoms with Crippen LogP contribution in [-0.2, 0) is 10.0 Å². The highest BCUT2D eigenvalue weighted by molar-refractivity contribution is 8.02. The van der Waals surface area contributed by atoms with Gasteiger partial charge in [0.05, 0.1) is 10.5 Å². The van der Waals surface area contributed by atoms with Gasteiger partial charge in [-0.1, -0.05) is 43.3 Å². The van der Waals surface area contributed by atoms with Crippen LogP contribution in [0.2, 0.25) is 0 Å². The fourth-order valence-corrected chi connectivity index (χ4v) is 5.50. The lowest BCUT2D eigenvalue weighted by atomic mass is 10.2. The molecule has 2 aromatic rings. The zero-order valence-corrected chi connectivity index (χ0v) is 16.1. The third-order valence-corrected chi connectivity index (χ3v) is 6.76. The number of hydrogen-bond acceptors (Lipinski definition) is 5. The normalized spacial score (nSPS) is 11.4. The minimum absolute atomic E-state index is 0.0829. The first kappa shape index (κ1) is 19.8. The number of carboxylic acids is 1. The number of aromatic carboxylic acids is 1. The van der Waals surface area contributed by atoms with Gasteiger partial charge in [-0.25, -0.2) is 18.4 Å². The number of carboxylic acid groups (broad SMARTS) is 1. The number of rotatable bonds is 8. The molecular weight excluding hydrogens is 378 g/mol. The van der Waals surface area contributed by atoms with Gasteiger partial charge in [0.15, 0.2) is 0 Å². The largest absolute Gasteiger partial charge is 0.478 e. The van der Waals surface area contributed by atoms with E-state index in [4.69, 9.17) is 5.14 Å². The Hall–Kier alpha value is -1.48. The molecule has 0 aliphatic heterocycles. The van der Waals surface area contributed by atoms with Crippen molar-refractivity contribution in [3.05, 3.63) is 48.0 Å². The molecular formula is C17H19NO4S3. The van der Waals surface area contributed by atoms with Gasteiger partial charge in [0.2, 0.25) is 10.0 Å².